The number of hydrogen-bond donors (Lipinski definition) is 2. The van der Waals surface area contributed by atoms with E-state index in [4.69, 9.17) is 14.2 Å². The minimum absolute atomic E-state index is 0.0124. The Hall–Kier alpha value is -4.03. The summed E-state index contributed by atoms with van der Waals surface area (Å²) in [5, 5.41) is 5.60. The van der Waals surface area contributed by atoms with Crippen LogP contribution in [0, 0.1) is 0 Å². The van der Waals surface area contributed by atoms with Gasteiger partial charge in [-0.15, -0.1) is 0 Å². The second kappa shape index (κ2) is 10.9. The lowest BCUT2D eigenvalue weighted by Crippen LogP contribution is -2.46. The Morgan fingerprint density at radius 1 is 1.14 bits per heavy atom. The van der Waals surface area contributed by atoms with Gasteiger partial charge in [-0.1, -0.05) is 0 Å². The number of carbonyl (C=O) groups is 4. The Morgan fingerprint density at radius 3 is 2.49 bits per heavy atom. The molecule has 2 atom stereocenters. The molecule has 0 saturated carbocycles. The number of esters is 2. The molecule has 0 spiro atoms. The van der Waals surface area contributed by atoms with E-state index in [0.717, 1.165) is 0 Å². The molecule has 0 saturated heterocycles. The molecule has 13 heteroatoms. The summed E-state index contributed by atoms with van der Waals surface area (Å²) in [4.78, 5) is 57.1. The van der Waals surface area contributed by atoms with E-state index in [2.05, 4.69) is 15.6 Å². The quantitative estimate of drug-likeness (QED) is 0.499. The smallest absolute Gasteiger partial charge is 0.411 e. The molecule has 0 fully saturated rings. The fourth-order valence-corrected chi connectivity index (χ4v) is 3.91. The lowest BCUT2D eigenvalue weighted by molar-refractivity contribution is -0.131. The number of alkyl carbamates (subject to hydrolysis) is 1. The van der Waals surface area contributed by atoms with Crippen LogP contribution >= 0.6 is 0 Å². The summed E-state index contributed by atoms with van der Waals surface area (Å²) < 4.78 is 16.9. The maximum Gasteiger partial charge on any atom is 0.411 e. The largest absolute Gasteiger partial charge is 0.460 e. The van der Waals surface area contributed by atoms with Gasteiger partial charge in [-0.2, -0.15) is 4.98 Å². The van der Waals surface area contributed by atoms with Crippen molar-refractivity contribution in [3.05, 3.63) is 35.7 Å². The van der Waals surface area contributed by atoms with Gasteiger partial charge in [0.15, 0.2) is 0 Å². The summed E-state index contributed by atoms with van der Waals surface area (Å²) in [6, 6.07) is -0.968. The SMILES string of the molecule is CCOC(=O)c1nc(OC(=O)C2=CC(NC(=O)C3CC(NC(=O)OC(C)(C)C)=CN3C)CN2C)cn1C. The van der Waals surface area contributed by atoms with E-state index in [9.17, 15) is 19.2 Å². The van der Waals surface area contributed by atoms with Crippen molar-refractivity contribution in [3.63, 3.8) is 0 Å². The Bertz CT molecular complexity index is 1130. The van der Waals surface area contributed by atoms with Gasteiger partial charge in [0.1, 0.15) is 17.3 Å². The maximum atomic E-state index is 13.0. The van der Waals surface area contributed by atoms with Crippen molar-refractivity contribution < 1.29 is 33.4 Å². The van der Waals surface area contributed by atoms with Crippen LogP contribution < -0.4 is 15.4 Å². The zero-order valence-electron chi connectivity index (χ0n) is 22.2. The maximum absolute atomic E-state index is 13.0. The van der Waals surface area contributed by atoms with E-state index in [1.807, 2.05) is 0 Å². The number of aromatic nitrogens is 2. The average molecular weight is 519 g/mol. The highest BCUT2D eigenvalue weighted by molar-refractivity contribution is 5.91. The summed E-state index contributed by atoms with van der Waals surface area (Å²) in [5.74, 6) is -1.58. The zero-order chi connectivity index (χ0) is 27.5. The third-order valence-corrected chi connectivity index (χ3v) is 5.52. The second-order valence-corrected chi connectivity index (χ2v) is 9.84. The van der Waals surface area contributed by atoms with Crippen LogP contribution in [0.25, 0.3) is 0 Å². The van der Waals surface area contributed by atoms with Gasteiger partial charge in [-0.3, -0.25) is 10.1 Å². The van der Waals surface area contributed by atoms with Crippen molar-refractivity contribution in [2.24, 2.45) is 7.05 Å². The van der Waals surface area contributed by atoms with Gasteiger partial charge in [0.05, 0.1) is 18.8 Å². The van der Waals surface area contributed by atoms with Gasteiger partial charge < -0.3 is 33.9 Å². The number of imidazole rings is 1. The van der Waals surface area contributed by atoms with E-state index < -0.39 is 35.7 Å². The van der Waals surface area contributed by atoms with E-state index >= 15 is 0 Å². The minimum Gasteiger partial charge on any atom is -0.460 e. The van der Waals surface area contributed by atoms with E-state index in [0.29, 0.717) is 18.7 Å². The predicted octanol–water partition coefficient (Wildman–Crippen LogP) is 0.887. The van der Waals surface area contributed by atoms with Crippen LogP contribution in [0.4, 0.5) is 4.79 Å². The Morgan fingerprint density at radius 2 is 1.84 bits per heavy atom. The highest BCUT2D eigenvalue weighted by Gasteiger charge is 2.34. The lowest BCUT2D eigenvalue weighted by Gasteiger charge is -2.22. The molecular weight excluding hydrogens is 484 g/mol. The molecule has 2 amide bonds. The average Bonchev–Trinajstić information content (AvgIpc) is 3.43. The first-order chi connectivity index (χ1) is 17.3. The standard InChI is InChI=1S/C24H34N6O7/c1-8-35-22(33)19-27-18(13-30(19)7)36-21(32)17-10-14(11-29(17)6)25-20(31)16-9-15(12-28(16)5)26-23(34)37-24(2,3)4/h10,12-14,16H,8-9,11H2,1-7H3,(H,25,31)(H,26,34). The Labute approximate surface area is 215 Å². The molecule has 2 aliphatic rings. The first kappa shape index (κ1) is 27.6. The van der Waals surface area contributed by atoms with Gasteiger partial charge in [0.2, 0.25) is 17.6 Å². The molecule has 0 radical (unpaired) electrons. The fraction of sp³-hybridized carbons (Fsp3) is 0.542. The van der Waals surface area contributed by atoms with E-state index in [1.165, 1.54) is 10.8 Å². The second-order valence-electron chi connectivity index (χ2n) is 9.84. The van der Waals surface area contributed by atoms with Crippen LogP contribution in [0.15, 0.2) is 29.9 Å². The monoisotopic (exact) mass is 518 g/mol. The van der Waals surface area contributed by atoms with Crippen molar-refractivity contribution >= 4 is 23.9 Å². The summed E-state index contributed by atoms with van der Waals surface area (Å²) >= 11 is 0. The van der Waals surface area contributed by atoms with Gasteiger partial charge in [-0.05, 0) is 33.8 Å². The predicted molar refractivity (Wildman–Crippen MR) is 131 cm³/mol. The van der Waals surface area contributed by atoms with Crippen LogP contribution in [-0.2, 0) is 26.1 Å². The molecule has 0 aromatic carbocycles. The number of nitrogens with one attached hydrogen (secondary N) is 2. The number of amides is 2. The van der Waals surface area contributed by atoms with Crippen LogP contribution in [0.2, 0.25) is 0 Å². The third-order valence-electron chi connectivity index (χ3n) is 5.52. The van der Waals surface area contributed by atoms with Gasteiger partial charge >= 0.3 is 18.0 Å². The lowest BCUT2D eigenvalue weighted by atomic mass is 10.1. The zero-order valence-corrected chi connectivity index (χ0v) is 22.2. The molecule has 37 heavy (non-hydrogen) atoms. The molecule has 1 aromatic heterocycles. The fourth-order valence-electron chi connectivity index (χ4n) is 3.91. The summed E-state index contributed by atoms with van der Waals surface area (Å²) in [6.45, 7) is 7.54. The normalized spacial score (nSPS) is 19.2. The molecule has 2 aliphatic heterocycles. The number of hydrogen-bond acceptors (Lipinski definition) is 10. The highest BCUT2D eigenvalue weighted by atomic mass is 16.6. The Kier molecular flexibility index (Phi) is 8.14. The van der Waals surface area contributed by atoms with Gasteiger partial charge in [0, 0.05) is 46.0 Å². The minimum atomic E-state index is -0.670. The summed E-state index contributed by atoms with van der Waals surface area (Å²) in [5.41, 5.74) is 0.183. The molecule has 13 nitrogen and oxygen atoms in total. The van der Waals surface area contributed by atoms with E-state index in [1.54, 1.807) is 70.9 Å². The molecule has 1 aromatic rings. The topological polar surface area (TPSA) is 144 Å². The molecule has 0 aliphatic carbocycles. The number of nitrogens with zero attached hydrogens (tertiary/aromatic N) is 4. The molecule has 0 bridgehead atoms. The molecule has 3 rings (SSSR count). The summed E-state index contributed by atoms with van der Waals surface area (Å²) in [7, 11) is 5.03. The molecule has 2 unspecified atom stereocenters. The molecular formula is C24H34N6O7. The first-order valence-electron chi connectivity index (χ1n) is 11.9. The third kappa shape index (κ3) is 7.02. The molecule has 202 valence electrons. The Balaban J connectivity index is 1.57. The van der Waals surface area contributed by atoms with E-state index in [-0.39, 0.29) is 29.9 Å². The number of aryl methyl sites for hydroxylation is 1. The number of carbonyl (C=O) groups excluding carboxylic acids is 4. The van der Waals surface area contributed by atoms with Gasteiger partial charge in [-0.25, -0.2) is 14.4 Å². The highest BCUT2D eigenvalue weighted by Crippen LogP contribution is 2.21. The molecule has 2 N–H and O–H groups in total. The van der Waals surface area contributed by atoms with Crippen molar-refractivity contribution in [2.45, 2.75) is 51.8 Å². The van der Waals surface area contributed by atoms with Crippen molar-refractivity contribution in [3.8, 4) is 5.88 Å². The molecule has 3 heterocycles. The van der Waals surface area contributed by atoms with Crippen molar-refractivity contribution in [1.82, 2.24) is 30.0 Å². The number of likely N-dealkylation sites (N-methyl/N-ethyl adjacent to an activating group) is 2. The van der Waals surface area contributed by atoms with Crippen molar-refractivity contribution in [1.29, 1.82) is 0 Å². The summed E-state index contributed by atoms with van der Waals surface area (Å²) in [6.07, 6.45) is 4.41. The van der Waals surface area contributed by atoms with Crippen LogP contribution in [0.1, 0.15) is 44.7 Å². The number of rotatable bonds is 7. The van der Waals surface area contributed by atoms with Crippen LogP contribution in [0.3, 0.4) is 0 Å². The first-order valence-corrected chi connectivity index (χ1v) is 11.9. The van der Waals surface area contributed by atoms with Crippen LogP contribution in [0.5, 0.6) is 5.88 Å². The van der Waals surface area contributed by atoms with Crippen LogP contribution in [-0.4, -0.2) is 88.2 Å². The van der Waals surface area contributed by atoms with Crippen molar-refractivity contribution in [2.75, 3.05) is 27.2 Å². The van der Waals surface area contributed by atoms with Gasteiger partial charge in [0.25, 0.3) is 0 Å². The number of ether oxygens (including phenoxy) is 3.